The van der Waals surface area contributed by atoms with E-state index in [9.17, 15) is 9.59 Å². The van der Waals surface area contributed by atoms with Crippen molar-refractivity contribution in [2.24, 2.45) is 11.8 Å². The molecule has 1 aliphatic carbocycles. The van der Waals surface area contributed by atoms with Crippen LogP contribution in [0.3, 0.4) is 0 Å². The lowest BCUT2D eigenvalue weighted by atomic mass is 9.79. The van der Waals surface area contributed by atoms with Crippen LogP contribution in [0.4, 0.5) is 0 Å². The minimum atomic E-state index is -0.512. The summed E-state index contributed by atoms with van der Waals surface area (Å²) < 4.78 is 10.3. The Morgan fingerprint density at radius 2 is 1.62 bits per heavy atom. The fraction of sp³-hybridized carbons (Fsp3) is 0.765. The van der Waals surface area contributed by atoms with Crippen molar-refractivity contribution in [3.8, 4) is 0 Å². The summed E-state index contributed by atoms with van der Waals surface area (Å²) in [6.45, 7) is 8.04. The van der Waals surface area contributed by atoms with Crippen LogP contribution in [0.1, 0.15) is 59.8 Å². The van der Waals surface area contributed by atoms with Gasteiger partial charge in [0.1, 0.15) is 6.10 Å². The first kappa shape index (κ1) is 17.7. The Morgan fingerprint density at radius 3 is 2.14 bits per heavy atom. The van der Waals surface area contributed by atoms with Crippen LogP contribution in [0.2, 0.25) is 0 Å². The van der Waals surface area contributed by atoms with E-state index in [0.717, 1.165) is 49.7 Å². The van der Waals surface area contributed by atoms with E-state index in [-0.39, 0.29) is 12.2 Å². The molecule has 1 saturated carbocycles. The minimum absolute atomic E-state index is 0.0106. The zero-order chi connectivity index (χ0) is 15.8. The lowest BCUT2D eigenvalue weighted by Crippen LogP contribution is -2.26. The molecule has 1 aliphatic rings. The predicted octanol–water partition coefficient (Wildman–Crippen LogP) is 3.64. The quantitative estimate of drug-likeness (QED) is 0.554. The molecule has 0 spiro atoms. The third kappa shape index (κ3) is 6.78. The van der Waals surface area contributed by atoms with E-state index in [0.29, 0.717) is 0 Å². The van der Waals surface area contributed by atoms with Crippen molar-refractivity contribution >= 4 is 11.9 Å². The van der Waals surface area contributed by atoms with Gasteiger partial charge >= 0.3 is 11.9 Å². The van der Waals surface area contributed by atoms with Crippen LogP contribution in [0, 0.1) is 11.8 Å². The summed E-state index contributed by atoms with van der Waals surface area (Å²) in [5, 5.41) is 0. The van der Waals surface area contributed by atoms with Gasteiger partial charge in [-0.3, -0.25) is 0 Å². The monoisotopic (exact) mass is 296 g/mol. The minimum Gasteiger partial charge on any atom is -0.460 e. The number of carbonyl (C=O) groups is 2. The molecule has 4 heteroatoms. The summed E-state index contributed by atoms with van der Waals surface area (Å²) in [6.07, 6.45) is 7.38. The zero-order valence-electron chi connectivity index (χ0n) is 13.6. The number of hydrogen-bond donors (Lipinski definition) is 0. The molecule has 0 saturated heterocycles. The number of hydrogen-bond acceptors (Lipinski definition) is 4. The summed E-state index contributed by atoms with van der Waals surface area (Å²) in [5.74, 6) is 0.527. The normalized spacial score (nSPS) is 24.0. The Bertz CT molecular complexity index is 365. The van der Waals surface area contributed by atoms with Crippen LogP contribution in [0.5, 0.6) is 0 Å². The standard InChI is InChI=1S/C17H28O4/c1-5-13(4)14-6-8-15(9-7-14)21-17(19)11-10-16(18)20-12(2)3/h10-15H,5-9H2,1-4H3/b11-10+. The molecule has 1 fully saturated rings. The van der Waals surface area contributed by atoms with Crippen LogP contribution >= 0.6 is 0 Å². The second-order valence-electron chi connectivity index (χ2n) is 6.18. The van der Waals surface area contributed by atoms with Gasteiger partial charge in [0.15, 0.2) is 0 Å². The maximum Gasteiger partial charge on any atom is 0.331 e. The van der Waals surface area contributed by atoms with Crippen molar-refractivity contribution in [1.82, 2.24) is 0 Å². The van der Waals surface area contributed by atoms with Crippen molar-refractivity contribution in [2.75, 3.05) is 0 Å². The molecule has 4 nitrogen and oxygen atoms in total. The molecule has 0 radical (unpaired) electrons. The van der Waals surface area contributed by atoms with Gasteiger partial charge in [0, 0.05) is 12.2 Å². The van der Waals surface area contributed by atoms with Gasteiger partial charge in [-0.1, -0.05) is 20.3 Å². The van der Waals surface area contributed by atoms with Gasteiger partial charge in [0.25, 0.3) is 0 Å². The fourth-order valence-electron chi connectivity index (χ4n) is 2.72. The maximum atomic E-state index is 11.7. The van der Waals surface area contributed by atoms with E-state index in [1.807, 2.05) is 0 Å². The summed E-state index contributed by atoms with van der Waals surface area (Å²) in [5.41, 5.74) is 0. The van der Waals surface area contributed by atoms with Gasteiger partial charge in [-0.05, 0) is 51.4 Å². The number of rotatable bonds is 6. The zero-order valence-corrected chi connectivity index (χ0v) is 13.6. The topological polar surface area (TPSA) is 52.6 Å². The lowest BCUT2D eigenvalue weighted by molar-refractivity contribution is -0.146. The summed E-state index contributed by atoms with van der Waals surface area (Å²) in [7, 11) is 0. The van der Waals surface area contributed by atoms with E-state index >= 15 is 0 Å². The molecule has 0 aliphatic heterocycles. The van der Waals surface area contributed by atoms with Crippen molar-refractivity contribution in [1.29, 1.82) is 0 Å². The second-order valence-corrected chi connectivity index (χ2v) is 6.18. The van der Waals surface area contributed by atoms with Crippen LogP contribution in [-0.2, 0) is 19.1 Å². The van der Waals surface area contributed by atoms with Crippen LogP contribution in [0.15, 0.2) is 12.2 Å². The molecular weight excluding hydrogens is 268 g/mol. The molecule has 1 rings (SSSR count). The molecule has 120 valence electrons. The fourth-order valence-corrected chi connectivity index (χ4v) is 2.72. The molecule has 1 atom stereocenters. The van der Waals surface area contributed by atoms with Crippen molar-refractivity contribution < 1.29 is 19.1 Å². The van der Waals surface area contributed by atoms with E-state index in [1.54, 1.807) is 13.8 Å². The number of esters is 2. The summed E-state index contributed by atoms with van der Waals surface area (Å²) in [4.78, 5) is 22.9. The molecule has 0 amide bonds. The SMILES string of the molecule is CCC(C)C1CCC(OC(=O)/C=C/C(=O)OC(C)C)CC1. The van der Waals surface area contributed by atoms with Crippen molar-refractivity contribution in [2.45, 2.75) is 72.0 Å². The highest BCUT2D eigenvalue weighted by molar-refractivity contribution is 5.91. The van der Waals surface area contributed by atoms with Crippen molar-refractivity contribution in [3.63, 3.8) is 0 Å². The highest BCUT2D eigenvalue weighted by Crippen LogP contribution is 2.32. The smallest absolute Gasteiger partial charge is 0.331 e. The number of ether oxygens (including phenoxy) is 2. The van der Waals surface area contributed by atoms with E-state index in [1.165, 1.54) is 6.42 Å². The molecule has 1 unspecified atom stereocenters. The summed E-state index contributed by atoms with van der Waals surface area (Å²) in [6, 6.07) is 0. The Kier molecular flexibility index (Phi) is 7.48. The molecular formula is C17H28O4. The van der Waals surface area contributed by atoms with E-state index in [2.05, 4.69) is 13.8 Å². The van der Waals surface area contributed by atoms with Gasteiger partial charge < -0.3 is 9.47 Å². The molecule has 0 aromatic carbocycles. The third-order valence-corrected chi connectivity index (χ3v) is 4.16. The molecule has 21 heavy (non-hydrogen) atoms. The van der Waals surface area contributed by atoms with Crippen LogP contribution in [0.25, 0.3) is 0 Å². The van der Waals surface area contributed by atoms with Gasteiger partial charge in [0.05, 0.1) is 6.10 Å². The Morgan fingerprint density at radius 1 is 1.05 bits per heavy atom. The molecule has 0 bridgehead atoms. The van der Waals surface area contributed by atoms with Gasteiger partial charge in [-0.2, -0.15) is 0 Å². The van der Waals surface area contributed by atoms with Gasteiger partial charge in [0.2, 0.25) is 0 Å². The first-order valence-corrected chi connectivity index (χ1v) is 8.01. The van der Waals surface area contributed by atoms with Gasteiger partial charge in [-0.25, -0.2) is 9.59 Å². The van der Waals surface area contributed by atoms with Crippen LogP contribution in [-0.4, -0.2) is 24.1 Å². The highest BCUT2D eigenvalue weighted by Gasteiger charge is 2.26. The Balaban J connectivity index is 2.30. The lowest BCUT2D eigenvalue weighted by Gasteiger charge is -2.31. The predicted molar refractivity (Wildman–Crippen MR) is 81.7 cm³/mol. The molecule has 0 aromatic rings. The maximum absolute atomic E-state index is 11.7. The largest absolute Gasteiger partial charge is 0.460 e. The van der Waals surface area contributed by atoms with Crippen molar-refractivity contribution in [3.05, 3.63) is 12.2 Å². The second kappa shape index (κ2) is 8.85. The third-order valence-electron chi connectivity index (χ3n) is 4.16. The average Bonchev–Trinajstić information content (AvgIpc) is 2.44. The van der Waals surface area contributed by atoms with E-state index < -0.39 is 11.9 Å². The first-order chi connectivity index (χ1) is 9.92. The Labute approximate surface area is 127 Å². The van der Waals surface area contributed by atoms with Crippen LogP contribution < -0.4 is 0 Å². The summed E-state index contributed by atoms with van der Waals surface area (Å²) >= 11 is 0. The average molecular weight is 296 g/mol. The van der Waals surface area contributed by atoms with Gasteiger partial charge in [-0.15, -0.1) is 0 Å². The molecule has 0 aromatic heterocycles. The Hall–Kier alpha value is -1.32. The molecule has 0 N–H and O–H groups in total. The number of carbonyl (C=O) groups excluding carboxylic acids is 2. The molecule has 0 heterocycles. The van der Waals surface area contributed by atoms with E-state index in [4.69, 9.17) is 9.47 Å². The highest BCUT2D eigenvalue weighted by atomic mass is 16.5. The first-order valence-electron chi connectivity index (χ1n) is 8.01.